The number of nitrogens with zero attached hydrogens (tertiary/aromatic N) is 4. The van der Waals surface area contributed by atoms with Gasteiger partial charge in [-0.2, -0.15) is 5.10 Å². The van der Waals surface area contributed by atoms with Crippen molar-refractivity contribution in [1.29, 1.82) is 0 Å². The lowest BCUT2D eigenvalue weighted by Crippen LogP contribution is -2.46. The van der Waals surface area contributed by atoms with Gasteiger partial charge in [-0.15, -0.1) is 0 Å². The van der Waals surface area contributed by atoms with Crippen LogP contribution in [0.15, 0.2) is 36.5 Å². The fourth-order valence-corrected chi connectivity index (χ4v) is 3.45. The first-order chi connectivity index (χ1) is 14.5. The number of piperidine rings is 1. The van der Waals surface area contributed by atoms with E-state index < -0.39 is 0 Å². The summed E-state index contributed by atoms with van der Waals surface area (Å²) < 4.78 is 0. The molecule has 5 N–H and O–H groups in total. The molecule has 156 valence electrons. The van der Waals surface area contributed by atoms with Crippen LogP contribution in [-0.2, 0) is 0 Å². The monoisotopic (exact) mass is 426 g/mol. The lowest BCUT2D eigenvalue weighted by atomic mass is 10.1. The third-order valence-electron chi connectivity index (χ3n) is 4.79. The van der Waals surface area contributed by atoms with E-state index in [-0.39, 0.29) is 17.6 Å². The molecule has 2 aromatic heterocycles. The van der Waals surface area contributed by atoms with Crippen molar-refractivity contribution in [3.8, 4) is 0 Å². The smallest absolute Gasteiger partial charge is 0.276 e. The Bertz CT molecular complexity index is 1040. The normalized spacial score (nSPS) is 16.4. The largest absolute Gasteiger partial charge is 0.338 e. The molecule has 0 radical (unpaired) electrons. The summed E-state index contributed by atoms with van der Waals surface area (Å²) in [4.78, 5) is 23.9. The van der Waals surface area contributed by atoms with Crippen LogP contribution in [0.5, 0.6) is 0 Å². The maximum Gasteiger partial charge on any atom is 0.276 e. The van der Waals surface area contributed by atoms with Gasteiger partial charge in [0.1, 0.15) is 0 Å². The maximum absolute atomic E-state index is 13.2. The molecule has 0 aliphatic carbocycles. The lowest BCUT2D eigenvalue weighted by Gasteiger charge is -2.30. The van der Waals surface area contributed by atoms with Gasteiger partial charge in [0.25, 0.3) is 5.91 Å². The number of carbonyl (C=O) groups is 1. The van der Waals surface area contributed by atoms with E-state index in [9.17, 15) is 4.79 Å². The average Bonchev–Trinajstić information content (AvgIpc) is 3.14. The molecule has 1 fully saturated rings. The van der Waals surface area contributed by atoms with Crippen LogP contribution < -0.4 is 16.4 Å². The summed E-state index contributed by atoms with van der Waals surface area (Å²) in [5.41, 5.74) is 7.95. The predicted octanol–water partition coefficient (Wildman–Crippen LogP) is 3.21. The molecule has 1 atom stereocenters. The molecule has 1 amide bonds. The number of likely N-dealkylation sites (tertiary alicyclic amines) is 1. The van der Waals surface area contributed by atoms with Crippen molar-refractivity contribution in [3.63, 3.8) is 0 Å². The zero-order valence-corrected chi connectivity index (χ0v) is 17.3. The highest BCUT2D eigenvalue weighted by atomic mass is 35.5. The second-order valence-electron chi connectivity index (χ2n) is 7.30. The van der Waals surface area contributed by atoms with Gasteiger partial charge in [0.15, 0.2) is 23.1 Å². The average molecular weight is 427 g/mol. The van der Waals surface area contributed by atoms with Crippen LogP contribution in [-0.4, -0.2) is 50.1 Å². The van der Waals surface area contributed by atoms with E-state index in [1.807, 2.05) is 25.1 Å². The van der Waals surface area contributed by atoms with E-state index in [4.69, 9.17) is 17.3 Å². The van der Waals surface area contributed by atoms with E-state index >= 15 is 0 Å². The molecule has 0 saturated carbocycles. The Morgan fingerprint density at radius 1 is 1.27 bits per heavy atom. The number of rotatable bonds is 5. The van der Waals surface area contributed by atoms with Crippen molar-refractivity contribution in [3.05, 3.63) is 52.9 Å². The molecule has 1 aliphatic rings. The van der Waals surface area contributed by atoms with Gasteiger partial charge in [-0.05, 0) is 44.0 Å². The van der Waals surface area contributed by atoms with E-state index in [1.54, 1.807) is 17.0 Å². The fraction of sp³-hybridized carbons (Fsp3) is 0.300. The summed E-state index contributed by atoms with van der Waals surface area (Å²) in [6.07, 6.45) is 3.31. The predicted molar refractivity (Wildman–Crippen MR) is 116 cm³/mol. The summed E-state index contributed by atoms with van der Waals surface area (Å²) in [7, 11) is 0. The number of amides is 1. The molecular formula is C20H23ClN8O. The van der Waals surface area contributed by atoms with Gasteiger partial charge in [0.05, 0.1) is 6.20 Å². The van der Waals surface area contributed by atoms with E-state index in [1.165, 1.54) is 6.20 Å². The van der Waals surface area contributed by atoms with Gasteiger partial charge in [-0.3, -0.25) is 9.89 Å². The Hall–Kier alpha value is -3.17. The van der Waals surface area contributed by atoms with Crippen LogP contribution in [0.4, 0.5) is 23.1 Å². The quantitative estimate of drug-likeness (QED) is 0.493. The van der Waals surface area contributed by atoms with Crippen molar-refractivity contribution in [2.75, 3.05) is 23.7 Å². The van der Waals surface area contributed by atoms with Crippen LogP contribution in [0, 0.1) is 6.92 Å². The molecule has 3 aromatic rings. The Kier molecular flexibility index (Phi) is 5.82. The minimum atomic E-state index is -0.198. The number of H-pyrrole nitrogens is 1. The zero-order chi connectivity index (χ0) is 21.1. The van der Waals surface area contributed by atoms with Crippen molar-refractivity contribution in [2.24, 2.45) is 5.73 Å². The lowest BCUT2D eigenvalue weighted by molar-refractivity contribution is 0.0703. The zero-order valence-electron chi connectivity index (χ0n) is 16.5. The molecule has 1 aliphatic heterocycles. The molecule has 4 rings (SSSR count). The number of aromatic nitrogens is 4. The first kappa shape index (κ1) is 20.1. The van der Waals surface area contributed by atoms with Gasteiger partial charge < -0.3 is 21.3 Å². The second-order valence-corrected chi connectivity index (χ2v) is 7.74. The topological polar surface area (TPSA) is 125 Å². The molecule has 3 heterocycles. The first-order valence-electron chi connectivity index (χ1n) is 9.71. The molecule has 0 bridgehead atoms. The van der Waals surface area contributed by atoms with Gasteiger partial charge in [-0.1, -0.05) is 11.6 Å². The van der Waals surface area contributed by atoms with Gasteiger partial charge >= 0.3 is 0 Å². The minimum absolute atomic E-state index is 0.0211. The summed E-state index contributed by atoms with van der Waals surface area (Å²) in [6, 6.07) is 8.97. The van der Waals surface area contributed by atoms with Crippen LogP contribution in [0.2, 0.25) is 5.02 Å². The van der Waals surface area contributed by atoms with Crippen molar-refractivity contribution in [2.45, 2.75) is 25.8 Å². The van der Waals surface area contributed by atoms with E-state index in [0.29, 0.717) is 35.6 Å². The van der Waals surface area contributed by atoms with Crippen LogP contribution >= 0.6 is 11.6 Å². The Balaban J connectivity index is 1.64. The number of benzene rings is 1. The SMILES string of the molecule is Cc1cc(Nc2cnc(C(=O)N3CCCC(N)C3)c(Nc3ccc(Cl)cc3)n2)n[nH]1. The molecule has 30 heavy (non-hydrogen) atoms. The number of aromatic amines is 1. The van der Waals surface area contributed by atoms with E-state index in [2.05, 4.69) is 30.8 Å². The van der Waals surface area contributed by atoms with E-state index in [0.717, 1.165) is 24.2 Å². The van der Waals surface area contributed by atoms with Crippen molar-refractivity contribution in [1.82, 2.24) is 25.1 Å². The Labute approximate surface area is 179 Å². The summed E-state index contributed by atoms with van der Waals surface area (Å²) in [6.45, 7) is 3.07. The van der Waals surface area contributed by atoms with Crippen LogP contribution in [0.3, 0.4) is 0 Å². The number of nitrogens with one attached hydrogen (secondary N) is 3. The second kappa shape index (κ2) is 8.68. The maximum atomic E-state index is 13.2. The number of nitrogens with two attached hydrogens (primary N) is 1. The molecule has 1 saturated heterocycles. The number of anilines is 4. The fourth-order valence-electron chi connectivity index (χ4n) is 3.32. The summed E-state index contributed by atoms with van der Waals surface area (Å²) in [5, 5.41) is 13.9. The highest BCUT2D eigenvalue weighted by Gasteiger charge is 2.26. The Morgan fingerprint density at radius 2 is 2.07 bits per heavy atom. The number of carbonyl (C=O) groups excluding carboxylic acids is 1. The molecule has 1 unspecified atom stereocenters. The van der Waals surface area contributed by atoms with Gasteiger partial charge in [0.2, 0.25) is 0 Å². The third kappa shape index (κ3) is 4.69. The highest BCUT2D eigenvalue weighted by molar-refractivity contribution is 6.30. The van der Waals surface area contributed by atoms with Crippen LogP contribution in [0.25, 0.3) is 0 Å². The summed E-state index contributed by atoms with van der Waals surface area (Å²) in [5.74, 6) is 1.22. The first-order valence-corrected chi connectivity index (χ1v) is 10.1. The molecular weight excluding hydrogens is 404 g/mol. The van der Waals surface area contributed by atoms with Gasteiger partial charge in [-0.25, -0.2) is 9.97 Å². The highest BCUT2D eigenvalue weighted by Crippen LogP contribution is 2.24. The number of aryl methyl sites for hydroxylation is 1. The van der Waals surface area contributed by atoms with Crippen molar-refractivity contribution < 1.29 is 4.79 Å². The molecule has 9 nitrogen and oxygen atoms in total. The molecule has 1 aromatic carbocycles. The molecule has 0 spiro atoms. The summed E-state index contributed by atoms with van der Waals surface area (Å²) >= 11 is 5.98. The van der Waals surface area contributed by atoms with Crippen molar-refractivity contribution >= 4 is 40.6 Å². The van der Waals surface area contributed by atoms with Gasteiger partial charge in [0, 0.05) is 41.6 Å². The number of halogens is 1. The number of hydrogen-bond acceptors (Lipinski definition) is 7. The minimum Gasteiger partial charge on any atom is -0.338 e. The standard InChI is InChI=1S/C20H23ClN8O/c1-12-9-16(28-27-12)25-17-10-23-18(20(30)29-8-2-3-14(22)11-29)19(26-17)24-15-6-4-13(21)5-7-15/h4-7,9-10,14H,2-3,8,11,22H2,1H3,(H3,24,25,26,27,28). The number of hydrogen-bond donors (Lipinski definition) is 4. The third-order valence-corrected chi connectivity index (χ3v) is 5.04. The Morgan fingerprint density at radius 3 is 2.77 bits per heavy atom. The van der Waals surface area contributed by atoms with Crippen LogP contribution in [0.1, 0.15) is 29.0 Å². The molecule has 10 heteroatoms.